The number of carboxylic acid groups (broad SMARTS) is 1. The van der Waals surface area contributed by atoms with Gasteiger partial charge in [-0.1, -0.05) is 80.6 Å². The van der Waals surface area contributed by atoms with Gasteiger partial charge in [0.1, 0.15) is 17.8 Å². The molecule has 4 N–H and O–H groups in total. The number of carbonyl (C=O) groups is 3. The van der Waals surface area contributed by atoms with Crippen LogP contribution in [0, 0.1) is 5.92 Å². The number of aromatic hydroxyl groups is 1. The number of amides is 2. The normalized spacial score (nSPS) is 13.4. The molecule has 0 heterocycles. The second-order valence-electron chi connectivity index (χ2n) is 9.29. The van der Waals surface area contributed by atoms with Crippen molar-refractivity contribution in [2.45, 2.75) is 44.0 Å². The van der Waals surface area contributed by atoms with E-state index in [-0.39, 0.29) is 24.5 Å². The lowest BCUT2D eigenvalue weighted by molar-refractivity contribution is -0.142. The zero-order chi connectivity index (χ0) is 26.9. The Balaban J connectivity index is 1.78. The van der Waals surface area contributed by atoms with E-state index in [4.69, 9.17) is 0 Å². The van der Waals surface area contributed by atoms with E-state index in [1.165, 1.54) is 12.1 Å². The Morgan fingerprint density at radius 2 is 1.22 bits per heavy atom. The summed E-state index contributed by atoms with van der Waals surface area (Å²) >= 11 is 4.36. The first-order valence-electron chi connectivity index (χ1n) is 12.1. The molecule has 3 atom stereocenters. The van der Waals surface area contributed by atoms with Gasteiger partial charge in [-0.05, 0) is 40.3 Å². The molecule has 37 heavy (non-hydrogen) atoms. The zero-order valence-corrected chi connectivity index (χ0v) is 21.7. The van der Waals surface area contributed by atoms with Crippen LogP contribution in [0.15, 0.2) is 78.9 Å². The predicted molar refractivity (Wildman–Crippen MR) is 147 cm³/mol. The molecule has 7 nitrogen and oxygen atoms in total. The summed E-state index contributed by atoms with van der Waals surface area (Å²) in [6.07, 6.45) is 0.200. The second-order valence-corrected chi connectivity index (χ2v) is 9.84. The third kappa shape index (κ3) is 8.11. The SMILES string of the molecule is CC(C)[C@H](S)C(=O)N[C@@H](Cc1ccc(-c2ccccc2)cc1)C(=O)N[C@@H](Cc1ccc(O)cc1)C(=O)O. The molecule has 0 saturated carbocycles. The Morgan fingerprint density at radius 3 is 1.76 bits per heavy atom. The summed E-state index contributed by atoms with van der Waals surface area (Å²) in [5, 5.41) is 23.9. The van der Waals surface area contributed by atoms with Gasteiger partial charge in [0.05, 0.1) is 5.25 Å². The van der Waals surface area contributed by atoms with Crippen molar-refractivity contribution >= 4 is 30.4 Å². The number of thiol groups is 1. The van der Waals surface area contributed by atoms with E-state index in [1.807, 2.05) is 68.4 Å². The fraction of sp³-hybridized carbons (Fsp3) is 0.276. The minimum absolute atomic E-state index is 0.0228. The molecule has 0 saturated heterocycles. The van der Waals surface area contributed by atoms with Crippen LogP contribution in [0.1, 0.15) is 25.0 Å². The van der Waals surface area contributed by atoms with Gasteiger partial charge in [0.25, 0.3) is 0 Å². The lowest BCUT2D eigenvalue weighted by atomic mass is 9.99. The van der Waals surface area contributed by atoms with Crippen molar-refractivity contribution in [1.82, 2.24) is 10.6 Å². The molecular formula is C29H32N2O5S. The molecule has 0 unspecified atom stereocenters. The van der Waals surface area contributed by atoms with Crippen molar-refractivity contribution in [2.75, 3.05) is 0 Å². The summed E-state index contributed by atoms with van der Waals surface area (Å²) in [6, 6.07) is 21.4. The average molecular weight is 521 g/mol. The van der Waals surface area contributed by atoms with Crippen molar-refractivity contribution in [2.24, 2.45) is 5.92 Å². The summed E-state index contributed by atoms with van der Waals surface area (Å²) in [5.41, 5.74) is 3.53. The molecule has 0 aliphatic heterocycles. The molecule has 2 amide bonds. The van der Waals surface area contributed by atoms with Gasteiger partial charge in [-0.25, -0.2) is 4.79 Å². The molecule has 194 valence electrons. The number of rotatable bonds is 11. The first kappa shape index (κ1) is 27.8. The summed E-state index contributed by atoms with van der Waals surface area (Å²) in [6.45, 7) is 3.71. The molecule has 3 aromatic carbocycles. The number of hydrogen-bond acceptors (Lipinski definition) is 5. The summed E-state index contributed by atoms with van der Waals surface area (Å²) in [4.78, 5) is 37.9. The number of aliphatic carboxylic acids is 1. The van der Waals surface area contributed by atoms with Gasteiger partial charge in [-0.2, -0.15) is 12.6 Å². The fourth-order valence-corrected chi connectivity index (χ4v) is 3.88. The molecule has 0 aromatic heterocycles. The highest BCUT2D eigenvalue weighted by molar-refractivity contribution is 7.81. The number of carboxylic acids is 1. The topological polar surface area (TPSA) is 116 Å². The van der Waals surface area contributed by atoms with Crippen LogP contribution in [0.3, 0.4) is 0 Å². The van der Waals surface area contributed by atoms with Crippen LogP contribution < -0.4 is 10.6 Å². The molecule has 0 aliphatic carbocycles. The molecule has 3 aromatic rings. The highest BCUT2D eigenvalue weighted by Gasteiger charge is 2.29. The standard InChI is InChI=1S/C29H32N2O5S/c1-18(2)26(37)28(34)30-24(16-19-8-12-22(13-9-19)21-6-4-3-5-7-21)27(33)31-25(29(35)36)17-20-10-14-23(32)15-11-20/h3-15,18,24-26,32,37H,16-17H2,1-2H3,(H,30,34)(H,31,33)(H,35,36)/t24-,25-,26-/m0/s1. The van der Waals surface area contributed by atoms with Crippen LogP contribution in [0.4, 0.5) is 0 Å². The number of phenols is 1. The molecule has 0 fully saturated rings. The highest BCUT2D eigenvalue weighted by Crippen LogP contribution is 2.20. The van der Waals surface area contributed by atoms with E-state index in [0.717, 1.165) is 16.7 Å². The third-order valence-corrected chi connectivity index (χ3v) is 6.86. The Labute approximate surface area is 222 Å². The maximum absolute atomic E-state index is 13.3. The third-order valence-electron chi connectivity index (χ3n) is 6.02. The maximum Gasteiger partial charge on any atom is 0.326 e. The molecule has 0 spiro atoms. The van der Waals surface area contributed by atoms with E-state index in [2.05, 4.69) is 23.3 Å². The van der Waals surface area contributed by atoms with E-state index in [0.29, 0.717) is 5.56 Å². The Bertz CT molecular complexity index is 1200. The van der Waals surface area contributed by atoms with Gasteiger partial charge >= 0.3 is 5.97 Å². The summed E-state index contributed by atoms with van der Waals surface area (Å²) in [5.74, 6) is -2.20. The first-order valence-corrected chi connectivity index (χ1v) is 12.6. The van der Waals surface area contributed by atoms with Gasteiger partial charge in [0.2, 0.25) is 11.8 Å². The van der Waals surface area contributed by atoms with Crippen LogP contribution in [-0.2, 0) is 27.2 Å². The van der Waals surface area contributed by atoms with Crippen LogP contribution in [0.25, 0.3) is 11.1 Å². The average Bonchev–Trinajstić information content (AvgIpc) is 2.89. The van der Waals surface area contributed by atoms with Gasteiger partial charge in [0.15, 0.2) is 0 Å². The number of benzene rings is 3. The molecular weight excluding hydrogens is 488 g/mol. The number of phenolic OH excluding ortho intramolecular Hbond substituents is 1. The maximum atomic E-state index is 13.3. The molecule has 8 heteroatoms. The largest absolute Gasteiger partial charge is 0.508 e. The Morgan fingerprint density at radius 1 is 0.730 bits per heavy atom. The Kier molecular flexibility index (Phi) is 9.74. The minimum atomic E-state index is -1.21. The molecule has 3 rings (SSSR count). The highest BCUT2D eigenvalue weighted by atomic mass is 32.1. The number of carbonyl (C=O) groups excluding carboxylic acids is 2. The van der Waals surface area contributed by atoms with Gasteiger partial charge in [-0.3, -0.25) is 9.59 Å². The van der Waals surface area contributed by atoms with Crippen LogP contribution in [-0.4, -0.2) is 45.3 Å². The lowest BCUT2D eigenvalue weighted by Gasteiger charge is -2.24. The van der Waals surface area contributed by atoms with E-state index in [1.54, 1.807) is 12.1 Å². The monoisotopic (exact) mass is 520 g/mol. The number of hydrogen-bond donors (Lipinski definition) is 5. The lowest BCUT2D eigenvalue weighted by Crippen LogP contribution is -2.54. The fourth-order valence-electron chi connectivity index (χ4n) is 3.81. The van der Waals surface area contributed by atoms with Crippen molar-refractivity contribution < 1.29 is 24.6 Å². The zero-order valence-electron chi connectivity index (χ0n) is 20.8. The molecule has 0 aliphatic rings. The smallest absolute Gasteiger partial charge is 0.326 e. The summed E-state index contributed by atoms with van der Waals surface area (Å²) in [7, 11) is 0. The van der Waals surface area contributed by atoms with Crippen LogP contribution in [0.5, 0.6) is 5.75 Å². The second kappa shape index (κ2) is 13.0. The quantitative estimate of drug-likeness (QED) is 0.246. The van der Waals surface area contributed by atoms with Gasteiger partial charge < -0.3 is 20.8 Å². The van der Waals surface area contributed by atoms with Crippen LogP contribution >= 0.6 is 12.6 Å². The van der Waals surface area contributed by atoms with Crippen LogP contribution in [0.2, 0.25) is 0 Å². The Hall–Kier alpha value is -3.78. The predicted octanol–water partition coefficient (Wildman–Crippen LogP) is 3.85. The van der Waals surface area contributed by atoms with Gasteiger partial charge in [-0.15, -0.1) is 0 Å². The van der Waals surface area contributed by atoms with Crippen molar-refractivity contribution in [3.05, 3.63) is 90.0 Å². The van der Waals surface area contributed by atoms with Crippen molar-refractivity contribution in [3.8, 4) is 16.9 Å². The van der Waals surface area contributed by atoms with Crippen molar-refractivity contribution in [1.29, 1.82) is 0 Å². The van der Waals surface area contributed by atoms with E-state index in [9.17, 15) is 24.6 Å². The molecule has 0 bridgehead atoms. The van der Waals surface area contributed by atoms with E-state index >= 15 is 0 Å². The summed E-state index contributed by atoms with van der Waals surface area (Å²) < 4.78 is 0. The van der Waals surface area contributed by atoms with Gasteiger partial charge in [0, 0.05) is 12.8 Å². The minimum Gasteiger partial charge on any atom is -0.508 e. The van der Waals surface area contributed by atoms with Crippen molar-refractivity contribution in [3.63, 3.8) is 0 Å². The molecule has 0 radical (unpaired) electrons. The van der Waals surface area contributed by atoms with E-state index < -0.39 is 35.1 Å². The first-order chi connectivity index (χ1) is 17.6. The number of nitrogens with one attached hydrogen (secondary N) is 2.